The molecule has 3 rings (SSSR count). The molecule has 2 aliphatic rings. The fourth-order valence-corrected chi connectivity index (χ4v) is 3.94. The van der Waals surface area contributed by atoms with Crippen molar-refractivity contribution in [1.82, 2.24) is 9.80 Å². The zero-order valence-corrected chi connectivity index (χ0v) is 16.0. The van der Waals surface area contributed by atoms with E-state index in [9.17, 15) is 9.59 Å². The van der Waals surface area contributed by atoms with Gasteiger partial charge in [0.25, 0.3) is 0 Å². The van der Waals surface area contributed by atoms with Crippen LogP contribution in [0.2, 0.25) is 0 Å². The number of imide groups is 1. The molecule has 1 aromatic rings. The largest absolute Gasteiger partial charge is 0.495 e. The van der Waals surface area contributed by atoms with E-state index in [-0.39, 0.29) is 23.7 Å². The monoisotopic (exact) mass is 359 g/mol. The Bertz CT molecular complexity index is 635. The lowest BCUT2D eigenvalue weighted by atomic mass is 9.90. The summed E-state index contributed by atoms with van der Waals surface area (Å²) in [6.45, 7) is 8.75. The van der Waals surface area contributed by atoms with Crippen LogP contribution >= 0.6 is 0 Å². The quantitative estimate of drug-likeness (QED) is 0.751. The number of carbonyl (C=O) groups is 2. The number of amides is 2. The van der Waals surface area contributed by atoms with Crippen LogP contribution in [-0.2, 0) is 9.59 Å². The summed E-state index contributed by atoms with van der Waals surface area (Å²) in [6, 6.07) is 8.08. The van der Waals surface area contributed by atoms with E-state index in [1.54, 1.807) is 7.11 Å². The number of nitrogens with zero attached hydrogens (tertiary/aromatic N) is 3. The van der Waals surface area contributed by atoms with Crippen molar-refractivity contribution >= 4 is 17.5 Å². The van der Waals surface area contributed by atoms with Crippen molar-refractivity contribution in [1.29, 1.82) is 0 Å². The number of rotatable bonds is 5. The fourth-order valence-electron chi connectivity index (χ4n) is 3.94. The van der Waals surface area contributed by atoms with Gasteiger partial charge >= 0.3 is 0 Å². The molecule has 0 aromatic heterocycles. The summed E-state index contributed by atoms with van der Waals surface area (Å²) in [4.78, 5) is 30.8. The summed E-state index contributed by atoms with van der Waals surface area (Å²) in [5.41, 5.74) is 1.12. The third kappa shape index (κ3) is 3.85. The van der Waals surface area contributed by atoms with Crippen molar-refractivity contribution in [2.45, 2.75) is 20.3 Å². The second kappa shape index (κ2) is 8.08. The Morgan fingerprint density at radius 1 is 0.962 bits per heavy atom. The van der Waals surface area contributed by atoms with Crippen molar-refractivity contribution in [3.63, 3.8) is 0 Å². The van der Waals surface area contributed by atoms with Gasteiger partial charge in [0.2, 0.25) is 11.8 Å². The lowest BCUT2D eigenvalue weighted by Gasteiger charge is -2.38. The van der Waals surface area contributed by atoms with Gasteiger partial charge in [0.15, 0.2) is 0 Å². The van der Waals surface area contributed by atoms with Gasteiger partial charge in [-0.3, -0.25) is 19.4 Å². The Balaban J connectivity index is 1.53. The molecule has 2 amide bonds. The van der Waals surface area contributed by atoms with Gasteiger partial charge in [0.1, 0.15) is 5.75 Å². The van der Waals surface area contributed by atoms with Crippen molar-refractivity contribution in [2.75, 3.05) is 51.3 Å². The van der Waals surface area contributed by atoms with Gasteiger partial charge in [-0.05, 0) is 18.6 Å². The molecular formula is C20H29N3O3. The van der Waals surface area contributed by atoms with Gasteiger partial charge in [-0.2, -0.15) is 0 Å². The van der Waals surface area contributed by atoms with Crippen LogP contribution in [0.4, 0.5) is 5.69 Å². The number of methoxy groups -OCH3 is 1. The van der Waals surface area contributed by atoms with E-state index >= 15 is 0 Å². The number of likely N-dealkylation sites (tertiary alicyclic amines) is 1. The van der Waals surface area contributed by atoms with E-state index in [0.29, 0.717) is 13.0 Å². The molecule has 0 aliphatic carbocycles. The maximum Gasteiger partial charge on any atom is 0.232 e. The number of carbonyl (C=O) groups excluding carboxylic acids is 2. The molecule has 0 saturated carbocycles. The average Bonchev–Trinajstić information content (AvgIpc) is 2.67. The van der Waals surface area contributed by atoms with Gasteiger partial charge in [0, 0.05) is 51.1 Å². The molecule has 1 aromatic carbocycles. The highest BCUT2D eigenvalue weighted by atomic mass is 16.5. The molecule has 6 nitrogen and oxygen atoms in total. The summed E-state index contributed by atoms with van der Waals surface area (Å²) in [5, 5.41) is 0. The minimum absolute atomic E-state index is 0.0132. The molecule has 0 spiro atoms. The predicted molar refractivity (Wildman–Crippen MR) is 101 cm³/mol. The maximum atomic E-state index is 12.3. The van der Waals surface area contributed by atoms with Crippen molar-refractivity contribution in [3.05, 3.63) is 24.3 Å². The van der Waals surface area contributed by atoms with Crippen LogP contribution in [0, 0.1) is 11.8 Å². The number of piperazine rings is 1. The lowest BCUT2D eigenvalue weighted by Crippen LogP contribution is -2.53. The zero-order chi connectivity index (χ0) is 18.7. The molecule has 0 bridgehead atoms. The molecule has 6 heteroatoms. The highest BCUT2D eigenvalue weighted by molar-refractivity contribution is 5.99. The van der Waals surface area contributed by atoms with Crippen LogP contribution in [0.15, 0.2) is 24.3 Å². The first-order valence-electron chi connectivity index (χ1n) is 9.46. The molecular weight excluding hydrogens is 330 g/mol. The van der Waals surface area contributed by atoms with E-state index in [4.69, 9.17) is 4.74 Å². The molecule has 0 radical (unpaired) electrons. The number of hydrogen-bond acceptors (Lipinski definition) is 5. The highest BCUT2D eigenvalue weighted by Crippen LogP contribution is 2.28. The van der Waals surface area contributed by atoms with Gasteiger partial charge in [-0.1, -0.05) is 26.0 Å². The molecule has 2 aliphatic heterocycles. The Kier molecular flexibility index (Phi) is 5.81. The third-order valence-electron chi connectivity index (χ3n) is 5.52. The first kappa shape index (κ1) is 18.7. The van der Waals surface area contributed by atoms with E-state index < -0.39 is 0 Å². The number of hydrogen-bond donors (Lipinski definition) is 0. The topological polar surface area (TPSA) is 53.1 Å². The second-order valence-electron chi connectivity index (χ2n) is 7.37. The third-order valence-corrected chi connectivity index (χ3v) is 5.52. The van der Waals surface area contributed by atoms with E-state index in [0.717, 1.165) is 44.2 Å². The summed E-state index contributed by atoms with van der Waals surface area (Å²) in [7, 11) is 1.70. The normalized spacial score (nSPS) is 24.9. The van der Waals surface area contributed by atoms with Crippen LogP contribution in [0.5, 0.6) is 5.75 Å². The molecule has 142 valence electrons. The smallest absolute Gasteiger partial charge is 0.232 e. The van der Waals surface area contributed by atoms with E-state index in [1.807, 2.05) is 32.0 Å². The summed E-state index contributed by atoms with van der Waals surface area (Å²) < 4.78 is 5.46. The number of ether oxygens (including phenoxy) is 1. The molecule has 2 unspecified atom stereocenters. The van der Waals surface area contributed by atoms with E-state index in [2.05, 4.69) is 15.9 Å². The minimum Gasteiger partial charge on any atom is -0.495 e. The van der Waals surface area contributed by atoms with Crippen molar-refractivity contribution in [2.24, 2.45) is 11.8 Å². The number of para-hydroxylation sites is 2. The SMILES string of the molecule is COc1ccccc1N1CCN(CCN2C(=O)C(C)CC(C)C2=O)CC1. The molecule has 2 heterocycles. The standard InChI is InChI=1S/C20H29N3O3/c1-15-14-16(2)20(25)23(19(15)24)13-10-21-8-11-22(12-9-21)17-6-4-5-7-18(17)26-3/h4-7,15-16H,8-14H2,1-3H3. The second-order valence-corrected chi connectivity index (χ2v) is 7.37. The Morgan fingerprint density at radius 3 is 2.19 bits per heavy atom. The summed E-state index contributed by atoms with van der Waals surface area (Å²) in [5.74, 6) is 0.769. The zero-order valence-electron chi connectivity index (χ0n) is 16.0. The average molecular weight is 359 g/mol. The van der Waals surface area contributed by atoms with Crippen LogP contribution in [0.25, 0.3) is 0 Å². The van der Waals surface area contributed by atoms with Gasteiger partial charge < -0.3 is 9.64 Å². The van der Waals surface area contributed by atoms with Crippen molar-refractivity contribution in [3.8, 4) is 5.75 Å². The fraction of sp³-hybridized carbons (Fsp3) is 0.600. The first-order chi connectivity index (χ1) is 12.5. The van der Waals surface area contributed by atoms with Crippen LogP contribution in [0.1, 0.15) is 20.3 Å². The lowest BCUT2D eigenvalue weighted by molar-refractivity contribution is -0.154. The number of anilines is 1. The summed E-state index contributed by atoms with van der Waals surface area (Å²) >= 11 is 0. The van der Waals surface area contributed by atoms with Gasteiger partial charge in [0.05, 0.1) is 12.8 Å². The Hall–Kier alpha value is -2.08. The van der Waals surface area contributed by atoms with Gasteiger partial charge in [-0.25, -0.2) is 0 Å². The van der Waals surface area contributed by atoms with Crippen LogP contribution in [0.3, 0.4) is 0 Å². The molecule has 0 N–H and O–H groups in total. The van der Waals surface area contributed by atoms with Crippen molar-refractivity contribution < 1.29 is 14.3 Å². The van der Waals surface area contributed by atoms with E-state index in [1.165, 1.54) is 4.90 Å². The van der Waals surface area contributed by atoms with Gasteiger partial charge in [-0.15, -0.1) is 0 Å². The molecule has 2 saturated heterocycles. The molecule has 2 fully saturated rings. The first-order valence-corrected chi connectivity index (χ1v) is 9.46. The Labute approximate surface area is 155 Å². The number of piperidine rings is 1. The highest BCUT2D eigenvalue weighted by Gasteiger charge is 2.36. The molecule has 2 atom stereocenters. The summed E-state index contributed by atoms with van der Waals surface area (Å²) in [6.07, 6.45) is 0.672. The number of benzene rings is 1. The van der Waals surface area contributed by atoms with Crippen LogP contribution < -0.4 is 9.64 Å². The minimum atomic E-state index is -0.0508. The maximum absolute atomic E-state index is 12.3. The predicted octanol–water partition coefficient (Wildman–Crippen LogP) is 1.85. The molecule has 26 heavy (non-hydrogen) atoms. The van der Waals surface area contributed by atoms with Crippen LogP contribution in [-0.4, -0.2) is 68.0 Å². The Morgan fingerprint density at radius 2 is 1.58 bits per heavy atom.